The lowest BCUT2D eigenvalue weighted by atomic mass is 9.95. The van der Waals surface area contributed by atoms with Gasteiger partial charge in [0.15, 0.2) is 0 Å². The summed E-state index contributed by atoms with van der Waals surface area (Å²) < 4.78 is 1.96. The minimum Gasteiger partial charge on any atom is -0.325 e. The van der Waals surface area contributed by atoms with Crippen LogP contribution < -0.4 is 0 Å². The van der Waals surface area contributed by atoms with E-state index in [0.29, 0.717) is 12.0 Å². The molecule has 4 nitrogen and oxygen atoms in total. The molecular formula is C18H23N3O. The van der Waals surface area contributed by atoms with Crippen LogP contribution in [0.15, 0.2) is 24.3 Å². The lowest BCUT2D eigenvalue weighted by molar-refractivity contribution is 0.114. The van der Waals surface area contributed by atoms with E-state index in [4.69, 9.17) is 0 Å². The Morgan fingerprint density at radius 1 is 1.27 bits per heavy atom. The summed E-state index contributed by atoms with van der Waals surface area (Å²) in [5.41, 5.74) is 3.71. The maximum absolute atomic E-state index is 12.7. The molecule has 1 aromatic carbocycles. The minimum atomic E-state index is 0.111. The maximum Gasteiger partial charge on any atom is 0.328 e. The zero-order chi connectivity index (χ0) is 15.4. The first-order valence-electron chi connectivity index (χ1n) is 8.19. The molecule has 0 spiro atoms. The number of amides is 1. The van der Waals surface area contributed by atoms with E-state index in [1.54, 1.807) is 0 Å². The van der Waals surface area contributed by atoms with Gasteiger partial charge in [-0.25, -0.2) is 4.79 Å². The quantitative estimate of drug-likeness (QED) is 0.852. The third-order valence-corrected chi connectivity index (χ3v) is 4.99. The Morgan fingerprint density at radius 3 is 2.82 bits per heavy atom. The van der Waals surface area contributed by atoms with E-state index in [9.17, 15) is 4.79 Å². The van der Waals surface area contributed by atoms with E-state index < -0.39 is 0 Å². The van der Waals surface area contributed by atoms with E-state index in [1.165, 1.54) is 16.6 Å². The predicted octanol–water partition coefficient (Wildman–Crippen LogP) is 3.11. The van der Waals surface area contributed by atoms with Gasteiger partial charge in [0.1, 0.15) is 0 Å². The molecule has 0 radical (unpaired) electrons. The van der Waals surface area contributed by atoms with Crippen molar-refractivity contribution in [3.63, 3.8) is 0 Å². The highest BCUT2D eigenvalue weighted by molar-refractivity contribution is 5.96. The molecule has 0 N–H and O–H groups in total. The molecular weight excluding hydrogens is 274 g/mol. The Kier molecular flexibility index (Phi) is 3.05. The van der Waals surface area contributed by atoms with Crippen LogP contribution >= 0.6 is 0 Å². The first-order chi connectivity index (χ1) is 10.6. The molecule has 0 saturated heterocycles. The summed E-state index contributed by atoms with van der Waals surface area (Å²) in [4.78, 5) is 17.2. The highest BCUT2D eigenvalue weighted by atomic mass is 16.2. The zero-order valence-corrected chi connectivity index (χ0v) is 13.5. The Hall–Kier alpha value is -1.81. The molecule has 0 bridgehead atoms. The van der Waals surface area contributed by atoms with Crippen LogP contribution in [0, 0.1) is 5.92 Å². The van der Waals surface area contributed by atoms with Crippen LogP contribution in [-0.2, 0) is 6.42 Å². The van der Waals surface area contributed by atoms with Gasteiger partial charge in [0, 0.05) is 32.1 Å². The van der Waals surface area contributed by atoms with E-state index in [1.807, 2.05) is 22.6 Å². The second kappa shape index (κ2) is 4.85. The maximum atomic E-state index is 12.7. The summed E-state index contributed by atoms with van der Waals surface area (Å²) >= 11 is 0. The van der Waals surface area contributed by atoms with Gasteiger partial charge in [-0.15, -0.1) is 0 Å². The van der Waals surface area contributed by atoms with Gasteiger partial charge in [0.05, 0.1) is 17.3 Å². The number of likely N-dealkylation sites (N-methyl/N-ethyl adjacent to an activating group) is 1. The second-order valence-electron chi connectivity index (χ2n) is 7.03. The number of fused-ring (bicyclic) bond motifs is 3. The molecule has 4 rings (SSSR count). The molecule has 22 heavy (non-hydrogen) atoms. The monoisotopic (exact) mass is 297 g/mol. The van der Waals surface area contributed by atoms with Gasteiger partial charge >= 0.3 is 6.03 Å². The number of carbonyl (C=O) groups excluding carboxylic acids is 1. The molecule has 0 aliphatic carbocycles. The summed E-state index contributed by atoms with van der Waals surface area (Å²) in [5, 5.41) is 1.26. The number of carbonyl (C=O) groups is 1. The van der Waals surface area contributed by atoms with E-state index in [2.05, 4.69) is 36.9 Å². The fraction of sp³-hybridized carbons (Fsp3) is 0.500. The molecule has 116 valence electrons. The molecule has 2 aliphatic rings. The number of aromatic nitrogens is 1. The average molecular weight is 297 g/mol. The van der Waals surface area contributed by atoms with Crippen molar-refractivity contribution in [1.29, 1.82) is 0 Å². The van der Waals surface area contributed by atoms with Crippen molar-refractivity contribution in [1.82, 2.24) is 14.4 Å². The third-order valence-electron chi connectivity index (χ3n) is 4.99. The Morgan fingerprint density at radius 2 is 2.05 bits per heavy atom. The topological polar surface area (TPSA) is 28.5 Å². The SMILES string of the molecule is CC(C)CN1CCc2c3n(c4ccccc24)C(=O)N(C)CC31. The molecule has 4 heteroatoms. The zero-order valence-electron chi connectivity index (χ0n) is 13.5. The molecule has 0 saturated carbocycles. The van der Waals surface area contributed by atoms with Gasteiger partial charge in [-0.3, -0.25) is 9.47 Å². The van der Waals surface area contributed by atoms with Gasteiger partial charge in [-0.1, -0.05) is 32.0 Å². The largest absolute Gasteiger partial charge is 0.328 e. The number of benzene rings is 1. The number of nitrogens with zero attached hydrogens (tertiary/aromatic N) is 3. The van der Waals surface area contributed by atoms with Gasteiger partial charge in [0.25, 0.3) is 0 Å². The summed E-state index contributed by atoms with van der Waals surface area (Å²) in [6.45, 7) is 7.51. The smallest absolute Gasteiger partial charge is 0.325 e. The lowest BCUT2D eigenvalue weighted by Gasteiger charge is -2.42. The third kappa shape index (κ3) is 1.83. The fourth-order valence-corrected chi connectivity index (χ4v) is 4.13. The van der Waals surface area contributed by atoms with Crippen LogP contribution in [0.2, 0.25) is 0 Å². The van der Waals surface area contributed by atoms with Crippen molar-refractivity contribution >= 4 is 16.9 Å². The highest BCUT2D eigenvalue weighted by Crippen LogP contribution is 2.40. The molecule has 1 amide bonds. The molecule has 1 unspecified atom stereocenters. The van der Waals surface area contributed by atoms with Crippen molar-refractivity contribution in [3.05, 3.63) is 35.5 Å². The van der Waals surface area contributed by atoms with Crippen LogP contribution in [-0.4, -0.2) is 47.1 Å². The molecule has 2 aromatic rings. The normalized spacial score (nSPS) is 21.7. The van der Waals surface area contributed by atoms with Crippen molar-refractivity contribution in [3.8, 4) is 0 Å². The molecule has 3 heterocycles. The summed E-state index contributed by atoms with van der Waals surface area (Å²) in [6, 6.07) is 8.79. The van der Waals surface area contributed by atoms with Gasteiger partial charge in [-0.05, 0) is 24.0 Å². The van der Waals surface area contributed by atoms with Crippen LogP contribution in [0.1, 0.15) is 31.1 Å². The number of hydrogen-bond donors (Lipinski definition) is 0. The van der Waals surface area contributed by atoms with Gasteiger partial charge in [0.2, 0.25) is 0 Å². The second-order valence-corrected chi connectivity index (χ2v) is 7.03. The fourth-order valence-electron chi connectivity index (χ4n) is 4.13. The van der Waals surface area contributed by atoms with E-state index in [-0.39, 0.29) is 6.03 Å². The molecule has 1 aromatic heterocycles. The first-order valence-corrected chi connectivity index (χ1v) is 8.19. The predicted molar refractivity (Wildman–Crippen MR) is 88.2 cm³/mol. The first kappa shape index (κ1) is 13.8. The van der Waals surface area contributed by atoms with Gasteiger partial charge < -0.3 is 4.90 Å². The molecule has 0 fully saturated rings. The minimum absolute atomic E-state index is 0.111. The lowest BCUT2D eigenvalue weighted by Crippen LogP contribution is -2.50. The van der Waals surface area contributed by atoms with Crippen LogP contribution in [0.25, 0.3) is 10.9 Å². The van der Waals surface area contributed by atoms with E-state index >= 15 is 0 Å². The van der Waals surface area contributed by atoms with E-state index in [0.717, 1.165) is 31.6 Å². The van der Waals surface area contributed by atoms with Crippen molar-refractivity contribution in [2.45, 2.75) is 26.3 Å². The van der Waals surface area contributed by atoms with Crippen LogP contribution in [0.5, 0.6) is 0 Å². The van der Waals surface area contributed by atoms with Crippen molar-refractivity contribution < 1.29 is 4.79 Å². The van der Waals surface area contributed by atoms with Crippen molar-refractivity contribution in [2.24, 2.45) is 5.92 Å². The Labute approximate surface area is 131 Å². The summed E-state index contributed by atoms with van der Waals surface area (Å²) in [6.07, 6.45) is 1.04. The number of para-hydroxylation sites is 1. The Bertz CT molecular complexity index is 746. The standard InChI is InChI=1S/C18H23N3O/c1-12(2)10-20-9-8-14-13-6-4-5-7-15(13)21-17(14)16(20)11-19(3)18(21)22/h4-7,12,16H,8-11H2,1-3H3. The average Bonchev–Trinajstić information content (AvgIpc) is 2.82. The molecule has 1 atom stereocenters. The summed E-state index contributed by atoms with van der Waals surface area (Å²) in [5.74, 6) is 0.641. The highest BCUT2D eigenvalue weighted by Gasteiger charge is 2.39. The number of hydrogen-bond acceptors (Lipinski definition) is 2. The van der Waals surface area contributed by atoms with Crippen molar-refractivity contribution in [2.75, 3.05) is 26.7 Å². The molecule has 2 aliphatic heterocycles. The summed E-state index contributed by atoms with van der Waals surface area (Å²) in [7, 11) is 1.92. The Balaban J connectivity index is 1.94. The number of rotatable bonds is 2. The van der Waals surface area contributed by atoms with Gasteiger partial charge in [-0.2, -0.15) is 0 Å². The van der Waals surface area contributed by atoms with Crippen LogP contribution in [0.4, 0.5) is 4.79 Å². The van der Waals surface area contributed by atoms with Crippen LogP contribution in [0.3, 0.4) is 0 Å².